The first-order valence-electron chi connectivity index (χ1n) is 9.93. The van der Waals surface area contributed by atoms with Gasteiger partial charge in [0, 0.05) is 17.4 Å². The summed E-state index contributed by atoms with van der Waals surface area (Å²) in [6, 6.07) is 11.6. The van der Waals surface area contributed by atoms with E-state index >= 15 is 0 Å². The average Bonchev–Trinajstić information content (AvgIpc) is 3.13. The number of amides is 1. The number of pyridine rings is 1. The van der Waals surface area contributed by atoms with E-state index in [0.29, 0.717) is 17.1 Å². The summed E-state index contributed by atoms with van der Waals surface area (Å²) < 4.78 is 29.5. The van der Waals surface area contributed by atoms with Gasteiger partial charge in [-0.15, -0.1) is 0 Å². The summed E-state index contributed by atoms with van der Waals surface area (Å²) in [6.45, 7) is 9.24. The Morgan fingerprint density at radius 2 is 1.84 bits per heavy atom. The lowest BCUT2D eigenvalue weighted by atomic mass is 10.1. The zero-order valence-corrected chi connectivity index (χ0v) is 19.1. The van der Waals surface area contributed by atoms with E-state index < -0.39 is 15.6 Å². The largest absolute Gasteiger partial charge is 0.322 e. The van der Waals surface area contributed by atoms with Gasteiger partial charge < -0.3 is 5.32 Å². The van der Waals surface area contributed by atoms with Crippen LogP contribution in [0.5, 0.6) is 0 Å². The average molecular weight is 442 g/mol. The third-order valence-corrected chi connectivity index (χ3v) is 6.06. The highest BCUT2D eigenvalue weighted by Gasteiger charge is 2.24. The molecular weight excluding hydrogens is 414 g/mol. The number of rotatable bonds is 6. The van der Waals surface area contributed by atoms with E-state index in [2.05, 4.69) is 20.1 Å². The molecule has 9 heteroatoms. The second-order valence-electron chi connectivity index (χ2n) is 8.54. The van der Waals surface area contributed by atoms with Crippen molar-refractivity contribution in [2.24, 2.45) is 0 Å². The van der Waals surface area contributed by atoms with Gasteiger partial charge >= 0.3 is 0 Å². The third kappa shape index (κ3) is 5.36. The molecule has 1 aromatic carbocycles. The second-order valence-corrected chi connectivity index (χ2v) is 10.2. The van der Waals surface area contributed by atoms with Crippen molar-refractivity contribution < 1.29 is 13.2 Å². The molecule has 0 spiro atoms. The summed E-state index contributed by atoms with van der Waals surface area (Å²) in [5.41, 5.74) is 0.878. The molecule has 2 aromatic heterocycles. The van der Waals surface area contributed by atoms with E-state index in [1.807, 2.05) is 32.0 Å². The molecule has 0 aliphatic carbocycles. The summed E-state index contributed by atoms with van der Waals surface area (Å²) in [7, 11) is -3.72. The van der Waals surface area contributed by atoms with Gasteiger partial charge in [0.1, 0.15) is 0 Å². The quantitative estimate of drug-likeness (QED) is 0.606. The molecule has 0 aliphatic rings. The molecule has 3 aromatic rings. The molecule has 0 saturated heterocycles. The van der Waals surface area contributed by atoms with Crippen LogP contribution < -0.4 is 10.0 Å². The van der Waals surface area contributed by atoms with Gasteiger partial charge in [0.25, 0.3) is 5.91 Å². The molecule has 0 aliphatic heterocycles. The van der Waals surface area contributed by atoms with Crippen LogP contribution in [0.25, 0.3) is 5.82 Å². The van der Waals surface area contributed by atoms with E-state index in [-0.39, 0.29) is 16.7 Å². The van der Waals surface area contributed by atoms with E-state index in [9.17, 15) is 13.2 Å². The normalized spacial score (nSPS) is 12.2. The zero-order valence-electron chi connectivity index (χ0n) is 18.2. The van der Waals surface area contributed by atoms with Gasteiger partial charge in [-0.05, 0) is 57.0 Å². The van der Waals surface area contributed by atoms with Crippen molar-refractivity contribution in [2.75, 3.05) is 5.32 Å². The van der Waals surface area contributed by atoms with Crippen molar-refractivity contribution in [1.29, 1.82) is 0 Å². The summed E-state index contributed by atoms with van der Waals surface area (Å²) in [4.78, 5) is 17.4. The van der Waals surface area contributed by atoms with Gasteiger partial charge in [0.2, 0.25) is 10.0 Å². The minimum atomic E-state index is -3.72. The van der Waals surface area contributed by atoms with Crippen LogP contribution in [0.15, 0.2) is 59.8 Å². The first-order chi connectivity index (χ1) is 14.5. The topological polar surface area (TPSA) is 106 Å². The Hall–Kier alpha value is -3.04. The number of nitrogens with one attached hydrogen (secondary N) is 2. The Morgan fingerprint density at radius 3 is 2.45 bits per heavy atom. The van der Waals surface area contributed by atoms with Crippen LogP contribution >= 0.6 is 0 Å². The Bertz CT molecular complexity index is 1180. The smallest absolute Gasteiger partial charge is 0.259 e. The summed E-state index contributed by atoms with van der Waals surface area (Å²) in [5, 5.41) is 7.14. The number of hydrogen-bond acceptors (Lipinski definition) is 5. The molecule has 2 N–H and O–H groups in total. The monoisotopic (exact) mass is 441 g/mol. The van der Waals surface area contributed by atoms with Gasteiger partial charge in [-0.25, -0.2) is 22.8 Å². The standard InChI is InChI=1S/C22H27N5O3S/c1-15(2)20-18(14-24-27(20)19-11-6-7-12-23-19)21(28)25-16-9-8-10-17(13-16)31(29,30)26-22(3,4)5/h6-15,26H,1-5H3,(H,25,28). The van der Waals surface area contributed by atoms with E-state index in [0.717, 1.165) is 5.69 Å². The first kappa shape index (κ1) is 22.6. The third-order valence-electron chi connectivity index (χ3n) is 4.31. The Labute approximate surface area is 182 Å². The maximum Gasteiger partial charge on any atom is 0.259 e. The number of nitrogens with zero attached hydrogens (tertiary/aromatic N) is 3. The Kier molecular flexibility index (Phi) is 6.28. The number of anilines is 1. The van der Waals surface area contributed by atoms with Crippen molar-refractivity contribution in [2.45, 2.75) is 51.0 Å². The first-order valence-corrected chi connectivity index (χ1v) is 11.4. The molecule has 0 atom stereocenters. The predicted octanol–water partition coefficient (Wildman–Crippen LogP) is 3.72. The highest BCUT2D eigenvalue weighted by Crippen LogP contribution is 2.24. The molecule has 1 amide bonds. The van der Waals surface area contributed by atoms with Crippen LogP contribution in [0.2, 0.25) is 0 Å². The Morgan fingerprint density at radius 1 is 1.10 bits per heavy atom. The molecule has 2 heterocycles. The predicted molar refractivity (Wildman–Crippen MR) is 120 cm³/mol. The fraction of sp³-hybridized carbons (Fsp3) is 0.318. The van der Waals surface area contributed by atoms with E-state index in [1.54, 1.807) is 43.8 Å². The zero-order chi connectivity index (χ0) is 22.8. The molecule has 0 unspecified atom stereocenters. The molecule has 0 saturated carbocycles. The van der Waals surface area contributed by atoms with Crippen LogP contribution in [-0.4, -0.2) is 34.6 Å². The van der Waals surface area contributed by atoms with Crippen LogP contribution in [0.4, 0.5) is 5.69 Å². The number of sulfonamides is 1. The van der Waals surface area contributed by atoms with Gasteiger partial charge in [-0.2, -0.15) is 5.10 Å². The fourth-order valence-electron chi connectivity index (χ4n) is 3.15. The molecule has 8 nitrogen and oxygen atoms in total. The summed E-state index contributed by atoms with van der Waals surface area (Å²) in [5.74, 6) is 0.253. The number of benzene rings is 1. The van der Waals surface area contributed by atoms with Crippen molar-refractivity contribution in [3.05, 3.63) is 66.1 Å². The lowest BCUT2D eigenvalue weighted by Crippen LogP contribution is -2.40. The van der Waals surface area contributed by atoms with Crippen LogP contribution in [0, 0.1) is 0 Å². The van der Waals surface area contributed by atoms with Gasteiger partial charge in [0.15, 0.2) is 5.82 Å². The van der Waals surface area contributed by atoms with Crippen molar-refractivity contribution in [3.63, 3.8) is 0 Å². The molecule has 0 bridgehead atoms. The highest BCUT2D eigenvalue weighted by molar-refractivity contribution is 7.89. The van der Waals surface area contributed by atoms with Crippen molar-refractivity contribution in [1.82, 2.24) is 19.5 Å². The molecule has 164 valence electrons. The van der Waals surface area contributed by atoms with Crippen molar-refractivity contribution in [3.8, 4) is 5.82 Å². The number of hydrogen-bond donors (Lipinski definition) is 2. The number of carbonyl (C=O) groups excluding carboxylic acids is 1. The molecule has 3 rings (SSSR count). The minimum absolute atomic E-state index is 0.00736. The fourth-order valence-corrected chi connectivity index (χ4v) is 4.62. The van der Waals surface area contributed by atoms with Crippen LogP contribution in [-0.2, 0) is 10.0 Å². The molecule has 0 fully saturated rings. The SMILES string of the molecule is CC(C)c1c(C(=O)Nc2cccc(S(=O)(=O)NC(C)(C)C)c2)cnn1-c1ccccn1. The maximum absolute atomic E-state index is 13.0. The molecule has 31 heavy (non-hydrogen) atoms. The number of aromatic nitrogens is 3. The van der Waals surface area contributed by atoms with Gasteiger partial charge in [0.05, 0.1) is 22.3 Å². The van der Waals surface area contributed by atoms with Gasteiger partial charge in [-0.3, -0.25) is 4.79 Å². The second kappa shape index (κ2) is 8.60. The Balaban J connectivity index is 1.90. The van der Waals surface area contributed by atoms with Crippen LogP contribution in [0.1, 0.15) is 56.6 Å². The summed E-state index contributed by atoms with van der Waals surface area (Å²) >= 11 is 0. The molecular formula is C22H27N5O3S. The number of carbonyl (C=O) groups is 1. The summed E-state index contributed by atoms with van der Waals surface area (Å²) in [6.07, 6.45) is 3.17. The highest BCUT2D eigenvalue weighted by atomic mass is 32.2. The minimum Gasteiger partial charge on any atom is -0.322 e. The van der Waals surface area contributed by atoms with E-state index in [4.69, 9.17) is 0 Å². The van der Waals surface area contributed by atoms with Gasteiger partial charge in [-0.1, -0.05) is 26.0 Å². The maximum atomic E-state index is 13.0. The lowest BCUT2D eigenvalue weighted by molar-refractivity contribution is 0.102. The molecule has 0 radical (unpaired) electrons. The van der Waals surface area contributed by atoms with Crippen LogP contribution in [0.3, 0.4) is 0 Å². The van der Waals surface area contributed by atoms with Crippen molar-refractivity contribution >= 4 is 21.6 Å². The lowest BCUT2D eigenvalue weighted by Gasteiger charge is -2.20. The van der Waals surface area contributed by atoms with E-state index in [1.165, 1.54) is 18.3 Å².